The van der Waals surface area contributed by atoms with Gasteiger partial charge in [0.2, 0.25) is 5.91 Å². The summed E-state index contributed by atoms with van der Waals surface area (Å²) < 4.78 is 0. The van der Waals surface area contributed by atoms with Gasteiger partial charge in [0.25, 0.3) is 0 Å². The van der Waals surface area contributed by atoms with E-state index in [0.29, 0.717) is 0 Å². The number of carboxylic acid groups (broad SMARTS) is 1. The third-order valence-electron chi connectivity index (χ3n) is 3.86. The summed E-state index contributed by atoms with van der Waals surface area (Å²) in [5, 5.41) is 12.1. The first-order valence-electron chi connectivity index (χ1n) is 6.51. The second kappa shape index (κ2) is 5.52. The molecule has 2 aliphatic rings. The molecule has 100 valence electrons. The number of nitrogens with zero attached hydrogens (tertiary/aromatic N) is 1. The molecular formula is C13H20N2O3. The molecule has 1 aliphatic carbocycles. The first-order valence-corrected chi connectivity index (χ1v) is 6.51. The Morgan fingerprint density at radius 3 is 2.39 bits per heavy atom. The fraction of sp³-hybridized carbons (Fsp3) is 0.692. The summed E-state index contributed by atoms with van der Waals surface area (Å²) in [6.45, 7) is 3.14. The molecule has 18 heavy (non-hydrogen) atoms. The molecule has 1 aliphatic heterocycles. The van der Waals surface area contributed by atoms with Gasteiger partial charge in [-0.05, 0) is 25.3 Å². The van der Waals surface area contributed by atoms with Gasteiger partial charge in [-0.2, -0.15) is 0 Å². The van der Waals surface area contributed by atoms with Gasteiger partial charge in [0, 0.05) is 24.7 Å². The fourth-order valence-electron chi connectivity index (χ4n) is 2.61. The Morgan fingerprint density at radius 1 is 1.33 bits per heavy atom. The maximum atomic E-state index is 12.4. The van der Waals surface area contributed by atoms with E-state index in [1.807, 2.05) is 6.92 Å². The molecule has 0 unspecified atom stereocenters. The highest BCUT2D eigenvalue weighted by atomic mass is 16.4. The minimum absolute atomic E-state index is 0.0965. The summed E-state index contributed by atoms with van der Waals surface area (Å²) in [6.07, 6.45) is 4.04. The summed E-state index contributed by atoms with van der Waals surface area (Å²) in [4.78, 5) is 24.9. The third kappa shape index (κ3) is 2.72. The Kier molecular flexibility index (Phi) is 4.01. The molecule has 2 N–H and O–H groups in total. The van der Waals surface area contributed by atoms with Crippen molar-refractivity contribution in [2.75, 3.05) is 19.6 Å². The molecule has 0 aromatic rings. The van der Waals surface area contributed by atoms with Gasteiger partial charge in [-0.15, -0.1) is 0 Å². The maximum Gasteiger partial charge on any atom is 0.323 e. The van der Waals surface area contributed by atoms with Crippen molar-refractivity contribution in [1.82, 2.24) is 10.2 Å². The highest BCUT2D eigenvalue weighted by molar-refractivity contribution is 5.95. The van der Waals surface area contributed by atoms with Gasteiger partial charge in [-0.1, -0.05) is 12.8 Å². The van der Waals surface area contributed by atoms with Gasteiger partial charge in [0.1, 0.15) is 6.54 Å². The molecule has 5 nitrogen and oxygen atoms in total. The lowest BCUT2D eigenvalue weighted by Crippen LogP contribution is -2.44. The number of hydrogen-bond acceptors (Lipinski definition) is 3. The summed E-state index contributed by atoms with van der Waals surface area (Å²) in [6, 6.07) is 0.109. The van der Waals surface area contributed by atoms with Crippen LogP contribution in [0.5, 0.6) is 0 Å². The van der Waals surface area contributed by atoms with Crippen molar-refractivity contribution in [2.24, 2.45) is 0 Å². The number of rotatable bonds is 4. The minimum Gasteiger partial charge on any atom is -0.480 e. The van der Waals surface area contributed by atoms with Gasteiger partial charge in [-0.3, -0.25) is 9.59 Å². The van der Waals surface area contributed by atoms with E-state index in [4.69, 9.17) is 5.11 Å². The van der Waals surface area contributed by atoms with Crippen LogP contribution in [-0.2, 0) is 9.59 Å². The smallest absolute Gasteiger partial charge is 0.323 e. The Morgan fingerprint density at radius 2 is 1.94 bits per heavy atom. The molecule has 1 heterocycles. The van der Waals surface area contributed by atoms with Crippen molar-refractivity contribution < 1.29 is 14.7 Å². The predicted octanol–water partition coefficient (Wildman–Crippen LogP) is 0.762. The van der Waals surface area contributed by atoms with Crippen molar-refractivity contribution in [3.05, 3.63) is 11.1 Å². The zero-order valence-electron chi connectivity index (χ0n) is 10.7. The first-order chi connectivity index (χ1) is 8.59. The van der Waals surface area contributed by atoms with Crippen molar-refractivity contribution >= 4 is 11.9 Å². The molecule has 0 spiro atoms. The van der Waals surface area contributed by atoms with Crippen molar-refractivity contribution in [2.45, 2.75) is 38.6 Å². The maximum absolute atomic E-state index is 12.4. The Hall–Kier alpha value is -1.36. The van der Waals surface area contributed by atoms with E-state index in [1.54, 1.807) is 4.90 Å². The minimum atomic E-state index is -0.931. The van der Waals surface area contributed by atoms with Crippen LogP contribution in [0.3, 0.4) is 0 Å². The van der Waals surface area contributed by atoms with E-state index in [1.165, 1.54) is 0 Å². The van der Waals surface area contributed by atoms with Crippen LogP contribution in [0, 0.1) is 0 Å². The lowest BCUT2D eigenvalue weighted by atomic mass is 10.0. The van der Waals surface area contributed by atoms with Gasteiger partial charge in [0.15, 0.2) is 0 Å². The topological polar surface area (TPSA) is 69.6 Å². The Bertz CT molecular complexity index is 378. The molecule has 1 saturated heterocycles. The van der Waals surface area contributed by atoms with Crippen LogP contribution >= 0.6 is 0 Å². The molecule has 0 bridgehead atoms. The average molecular weight is 252 g/mol. The molecule has 0 atom stereocenters. The van der Waals surface area contributed by atoms with E-state index < -0.39 is 5.97 Å². The van der Waals surface area contributed by atoms with Crippen LogP contribution in [0.2, 0.25) is 0 Å². The first kappa shape index (κ1) is 13.1. The quantitative estimate of drug-likeness (QED) is 0.725. The Balaban J connectivity index is 2.11. The second-order valence-corrected chi connectivity index (χ2v) is 5.10. The summed E-state index contributed by atoms with van der Waals surface area (Å²) in [5.41, 5.74) is 1.83. The molecular weight excluding hydrogens is 232 g/mol. The highest BCUT2D eigenvalue weighted by Gasteiger charge is 2.30. The van der Waals surface area contributed by atoms with Crippen LogP contribution in [-0.4, -0.2) is 47.6 Å². The van der Waals surface area contributed by atoms with Crippen LogP contribution in [0.4, 0.5) is 0 Å². The molecule has 2 rings (SSSR count). The molecule has 0 radical (unpaired) electrons. The molecule has 1 amide bonds. The van der Waals surface area contributed by atoms with Crippen LogP contribution in [0.15, 0.2) is 11.1 Å². The zero-order valence-corrected chi connectivity index (χ0v) is 10.7. The van der Waals surface area contributed by atoms with E-state index in [0.717, 1.165) is 49.9 Å². The highest BCUT2D eigenvalue weighted by Crippen LogP contribution is 2.25. The molecule has 2 fully saturated rings. The van der Waals surface area contributed by atoms with E-state index in [9.17, 15) is 9.59 Å². The molecule has 0 aromatic heterocycles. The summed E-state index contributed by atoms with van der Waals surface area (Å²) in [7, 11) is 0. The number of hydrogen-bond donors (Lipinski definition) is 2. The summed E-state index contributed by atoms with van der Waals surface area (Å²) in [5.74, 6) is -1.03. The standard InChI is InChI=1S/C13H20N2O3/c1-9(10-6-14-7-10)13(18)15(8-12(16)17)11-4-2-3-5-11/h11,14H,2-8H2,1H3,(H,16,17). The molecule has 1 saturated carbocycles. The van der Waals surface area contributed by atoms with Crippen molar-refractivity contribution in [1.29, 1.82) is 0 Å². The third-order valence-corrected chi connectivity index (χ3v) is 3.86. The normalized spacial score (nSPS) is 19.5. The number of carbonyl (C=O) groups excluding carboxylic acids is 1. The number of carboxylic acids is 1. The number of nitrogens with one attached hydrogen (secondary N) is 1. The van der Waals surface area contributed by atoms with Gasteiger partial charge >= 0.3 is 5.97 Å². The van der Waals surface area contributed by atoms with E-state index in [2.05, 4.69) is 5.32 Å². The molecule has 5 heteroatoms. The van der Waals surface area contributed by atoms with Gasteiger partial charge in [0.05, 0.1) is 0 Å². The fourth-order valence-corrected chi connectivity index (χ4v) is 2.61. The van der Waals surface area contributed by atoms with Crippen LogP contribution in [0.25, 0.3) is 0 Å². The van der Waals surface area contributed by atoms with E-state index >= 15 is 0 Å². The largest absolute Gasteiger partial charge is 0.480 e. The second-order valence-electron chi connectivity index (χ2n) is 5.10. The number of aliphatic carboxylic acids is 1. The number of amides is 1. The zero-order chi connectivity index (χ0) is 13.1. The SMILES string of the molecule is CC(C(=O)N(CC(=O)O)C1CCCC1)=C1CNC1. The van der Waals surface area contributed by atoms with Crippen molar-refractivity contribution in [3.63, 3.8) is 0 Å². The molecule has 0 aromatic carbocycles. The van der Waals surface area contributed by atoms with Gasteiger partial charge in [-0.25, -0.2) is 0 Å². The lowest BCUT2D eigenvalue weighted by Gasteiger charge is -2.30. The monoisotopic (exact) mass is 252 g/mol. The van der Waals surface area contributed by atoms with Crippen LogP contribution < -0.4 is 5.32 Å². The summed E-state index contributed by atoms with van der Waals surface area (Å²) >= 11 is 0. The van der Waals surface area contributed by atoms with Crippen LogP contribution in [0.1, 0.15) is 32.6 Å². The predicted molar refractivity (Wildman–Crippen MR) is 67.2 cm³/mol. The van der Waals surface area contributed by atoms with E-state index in [-0.39, 0.29) is 18.5 Å². The van der Waals surface area contributed by atoms with Crippen molar-refractivity contribution in [3.8, 4) is 0 Å². The van der Waals surface area contributed by atoms with Gasteiger partial charge < -0.3 is 15.3 Å². The number of carbonyl (C=O) groups is 2. The average Bonchev–Trinajstić information content (AvgIpc) is 2.75. The lowest BCUT2D eigenvalue weighted by molar-refractivity contribution is -0.144. The Labute approximate surface area is 107 Å².